The van der Waals surface area contributed by atoms with Gasteiger partial charge in [0.2, 0.25) is 0 Å². The van der Waals surface area contributed by atoms with E-state index in [-0.39, 0.29) is 0 Å². The fourth-order valence-electron chi connectivity index (χ4n) is 1.84. The Morgan fingerprint density at radius 2 is 2.21 bits per heavy atom. The maximum absolute atomic E-state index is 4.39. The number of hydrogen-bond donors (Lipinski definition) is 1. The van der Waals surface area contributed by atoms with E-state index in [0.717, 1.165) is 37.4 Å². The van der Waals surface area contributed by atoms with Crippen molar-refractivity contribution in [2.75, 3.05) is 18.5 Å². The molecule has 2 aromatic heterocycles. The third-order valence-corrected chi connectivity index (χ3v) is 3.49. The Hall–Kier alpha value is -1.46. The molecule has 0 atom stereocenters. The molecule has 0 radical (unpaired) electrons. The number of aromatic nitrogens is 2. The molecule has 0 amide bonds. The molecular weight excluding hydrogens is 256 g/mol. The van der Waals surface area contributed by atoms with Crippen molar-refractivity contribution in [2.24, 2.45) is 0 Å². The van der Waals surface area contributed by atoms with E-state index in [1.54, 1.807) is 11.3 Å². The van der Waals surface area contributed by atoms with Gasteiger partial charge in [-0.3, -0.25) is 4.98 Å². The Balaban J connectivity index is 1.97. The molecule has 0 aromatic carbocycles. The first-order valence-electron chi connectivity index (χ1n) is 6.53. The van der Waals surface area contributed by atoms with Crippen LogP contribution in [0.1, 0.15) is 24.7 Å². The van der Waals surface area contributed by atoms with Crippen LogP contribution in [0.15, 0.2) is 29.2 Å². The van der Waals surface area contributed by atoms with E-state index in [4.69, 9.17) is 0 Å². The molecule has 0 aliphatic rings. The second kappa shape index (κ2) is 7.21. The summed E-state index contributed by atoms with van der Waals surface area (Å²) in [6, 6.07) is 4.17. The molecule has 102 valence electrons. The molecule has 0 fully saturated rings. The van der Waals surface area contributed by atoms with E-state index < -0.39 is 0 Å². The van der Waals surface area contributed by atoms with Crippen LogP contribution in [-0.4, -0.2) is 23.6 Å². The molecule has 2 heterocycles. The summed E-state index contributed by atoms with van der Waals surface area (Å²) in [7, 11) is 2.08. The zero-order valence-electron chi connectivity index (χ0n) is 11.5. The average Bonchev–Trinajstić information content (AvgIpc) is 2.92. The van der Waals surface area contributed by atoms with E-state index >= 15 is 0 Å². The minimum Gasteiger partial charge on any atom is -0.369 e. The number of nitrogens with one attached hydrogen (secondary N) is 1. The Morgan fingerprint density at radius 1 is 1.32 bits per heavy atom. The van der Waals surface area contributed by atoms with Gasteiger partial charge >= 0.3 is 0 Å². The number of hydrogen-bond acceptors (Lipinski definition) is 5. The molecular formula is C14H20N4S. The number of nitrogens with zero attached hydrogens (tertiary/aromatic N) is 3. The Morgan fingerprint density at radius 3 is 2.95 bits per heavy atom. The number of rotatable bonds is 7. The van der Waals surface area contributed by atoms with E-state index in [9.17, 15) is 0 Å². The minimum atomic E-state index is 0.826. The summed E-state index contributed by atoms with van der Waals surface area (Å²) < 4.78 is 0. The molecule has 5 heteroatoms. The second-order valence-electron chi connectivity index (χ2n) is 4.52. The Labute approximate surface area is 118 Å². The summed E-state index contributed by atoms with van der Waals surface area (Å²) in [5.74, 6) is 0. The molecule has 0 unspecified atom stereocenters. The van der Waals surface area contributed by atoms with Crippen LogP contribution in [0.4, 0.5) is 5.69 Å². The zero-order chi connectivity index (χ0) is 13.5. The van der Waals surface area contributed by atoms with Crippen LogP contribution in [0.3, 0.4) is 0 Å². The Bertz CT molecular complexity index is 484. The first-order chi connectivity index (χ1) is 9.29. The van der Waals surface area contributed by atoms with Crippen molar-refractivity contribution in [2.45, 2.75) is 26.4 Å². The smallest absolute Gasteiger partial charge is 0.0795 e. The first kappa shape index (κ1) is 14.0. The van der Waals surface area contributed by atoms with E-state index in [1.165, 1.54) is 5.69 Å². The highest BCUT2D eigenvalue weighted by atomic mass is 32.1. The van der Waals surface area contributed by atoms with Crippen molar-refractivity contribution >= 4 is 17.0 Å². The number of thiazole rings is 1. The molecule has 2 rings (SSSR count). The molecule has 1 N–H and O–H groups in total. The van der Waals surface area contributed by atoms with Crippen molar-refractivity contribution in [3.05, 3.63) is 40.6 Å². The van der Waals surface area contributed by atoms with Crippen LogP contribution in [-0.2, 0) is 13.1 Å². The summed E-state index contributed by atoms with van der Waals surface area (Å²) in [6.45, 7) is 4.85. The first-order valence-corrected chi connectivity index (χ1v) is 7.47. The quantitative estimate of drug-likeness (QED) is 0.789. The maximum atomic E-state index is 4.39. The molecule has 19 heavy (non-hydrogen) atoms. The summed E-state index contributed by atoms with van der Waals surface area (Å²) in [4.78, 5) is 10.9. The predicted octanol–water partition coefficient (Wildman–Crippen LogP) is 2.67. The largest absolute Gasteiger partial charge is 0.369 e. The normalized spacial score (nSPS) is 10.6. The summed E-state index contributed by atoms with van der Waals surface area (Å²) in [6.07, 6.45) is 3.01. The second-order valence-corrected chi connectivity index (χ2v) is 5.24. The van der Waals surface area contributed by atoms with Crippen molar-refractivity contribution in [3.8, 4) is 0 Å². The van der Waals surface area contributed by atoms with Crippen LogP contribution >= 0.6 is 11.3 Å². The van der Waals surface area contributed by atoms with Gasteiger partial charge < -0.3 is 10.2 Å². The minimum absolute atomic E-state index is 0.826. The van der Waals surface area contributed by atoms with Gasteiger partial charge in [-0.05, 0) is 25.1 Å². The van der Waals surface area contributed by atoms with Gasteiger partial charge in [0.1, 0.15) is 0 Å². The van der Waals surface area contributed by atoms with Gasteiger partial charge in [-0.25, -0.2) is 4.98 Å². The highest BCUT2D eigenvalue weighted by Crippen LogP contribution is 2.15. The van der Waals surface area contributed by atoms with Gasteiger partial charge in [0.25, 0.3) is 0 Å². The third-order valence-electron chi connectivity index (χ3n) is 2.86. The average molecular weight is 276 g/mol. The van der Waals surface area contributed by atoms with Crippen molar-refractivity contribution in [3.63, 3.8) is 0 Å². The fourth-order valence-corrected chi connectivity index (χ4v) is 2.39. The van der Waals surface area contributed by atoms with Crippen molar-refractivity contribution in [1.82, 2.24) is 15.3 Å². The lowest BCUT2D eigenvalue weighted by atomic mass is 10.3. The number of anilines is 1. The highest BCUT2D eigenvalue weighted by Gasteiger charge is 2.05. The summed E-state index contributed by atoms with van der Waals surface area (Å²) >= 11 is 1.63. The fraction of sp³-hybridized carbons (Fsp3) is 0.429. The maximum Gasteiger partial charge on any atom is 0.0795 e. The van der Waals surface area contributed by atoms with Crippen LogP contribution in [0.2, 0.25) is 0 Å². The van der Waals surface area contributed by atoms with Crippen LogP contribution in [0.25, 0.3) is 0 Å². The molecule has 2 aromatic rings. The van der Waals surface area contributed by atoms with Crippen LogP contribution in [0, 0.1) is 0 Å². The monoisotopic (exact) mass is 276 g/mol. The van der Waals surface area contributed by atoms with Gasteiger partial charge in [0.15, 0.2) is 0 Å². The predicted molar refractivity (Wildman–Crippen MR) is 80.5 cm³/mol. The van der Waals surface area contributed by atoms with Gasteiger partial charge in [-0.1, -0.05) is 6.92 Å². The molecule has 0 spiro atoms. The lowest BCUT2D eigenvalue weighted by Gasteiger charge is -2.18. The molecule has 0 aliphatic heterocycles. The van der Waals surface area contributed by atoms with E-state index in [2.05, 4.69) is 45.6 Å². The van der Waals surface area contributed by atoms with Gasteiger partial charge in [-0.15, -0.1) is 11.3 Å². The zero-order valence-corrected chi connectivity index (χ0v) is 12.3. The standard InChI is InChI=1S/C14H20N4S/c1-3-5-15-8-12-7-14(4-6-16-12)18(2)9-13-10-19-11-17-13/h4,6-7,10-11,15H,3,5,8-9H2,1-2H3. The van der Waals surface area contributed by atoms with Gasteiger partial charge in [0.05, 0.1) is 23.4 Å². The van der Waals surface area contributed by atoms with Gasteiger partial charge in [-0.2, -0.15) is 0 Å². The van der Waals surface area contributed by atoms with Gasteiger partial charge in [0, 0.05) is 30.9 Å². The van der Waals surface area contributed by atoms with E-state index in [1.807, 2.05) is 17.8 Å². The Kier molecular flexibility index (Phi) is 5.30. The van der Waals surface area contributed by atoms with Crippen LogP contribution < -0.4 is 10.2 Å². The van der Waals surface area contributed by atoms with Crippen molar-refractivity contribution in [1.29, 1.82) is 0 Å². The summed E-state index contributed by atoms with van der Waals surface area (Å²) in [5, 5.41) is 5.46. The number of pyridine rings is 1. The highest BCUT2D eigenvalue weighted by molar-refractivity contribution is 7.07. The molecule has 0 aliphatic carbocycles. The van der Waals surface area contributed by atoms with Crippen LogP contribution in [0.5, 0.6) is 0 Å². The third kappa shape index (κ3) is 4.29. The van der Waals surface area contributed by atoms with Crippen molar-refractivity contribution < 1.29 is 0 Å². The van der Waals surface area contributed by atoms with E-state index in [0.29, 0.717) is 0 Å². The molecule has 0 bridgehead atoms. The molecule has 0 saturated carbocycles. The topological polar surface area (TPSA) is 41.0 Å². The summed E-state index contributed by atoms with van der Waals surface area (Å²) in [5.41, 5.74) is 5.23. The molecule has 0 saturated heterocycles. The lowest BCUT2D eigenvalue weighted by Crippen LogP contribution is -2.18. The molecule has 4 nitrogen and oxygen atoms in total. The lowest BCUT2D eigenvalue weighted by molar-refractivity contribution is 0.664. The SMILES string of the molecule is CCCNCc1cc(N(C)Cc2cscn2)ccn1.